The third-order valence-electron chi connectivity index (χ3n) is 4.66. The van der Waals surface area contributed by atoms with Crippen molar-refractivity contribution >= 4 is 39.2 Å². The van der Waals surface area contributed by atoms with Crippen LogP contribution in [0.2, 0.25) is 0 Å². The maximum atomic E-state index is 13.3. The molecule has 1 saturated heterocycles. The van der Waals surface area contributed by atoms with Gasteiger partial charge in [0.15, 0.2) is 5.16 Å². The van der Waals surface area contributed by atoms with E-state index in [1.165, 1.54) is 11.8 Å². The summed E-state index contributed by atoms with van der Waals surface area (Å²) in [5.41, 5.74) is 1.08. The fourth-order valence-electron chi connectivity index (χ4n) is 3.18. The molecule has 142 valence electrons. The second-order valence-corrected chi connectivity index (χ2v) is 8.84. The van der Waals surface area contributed by atoms with Gasteiger partial charge < -0.3 is 9.64 Å². The minimum Gasteiger partial charge on any atom is -0.376 e. The maximum Gasteiger partial charge on any atom is 0.263 e. The number of aryl methyl sites for hydroxylation is 2. The van der Waals surface area contributed by atoms with E-state index < -0.39 is 0 Å². The fourth-order valence-corrected chi connectivity index (χ4v) is 5.32. The van der Waals surface area contributed by atoms with Gasteiger partial charge in [-0.15, -0.1) is 11.3 Å². The van der Waals surface area contributed by atoms with E-state index in [2.05, 4.69) is 6.92 Å². The molecule has 8 heteroatoms. The Morgan fingerprint density at radius 2 is 2.23 bits per heavy atom. The molecule has 1 atom stereocenters. The molecule has 1 aliphatic heterocycles. The molecule has 0 unspecified atom stereocenters. The highest BCUT2D eigenvalue weighted by atomic mass is 32.2. The summed E-state index contributed by atoms with van der Waals surface area (Å²) in [6.07, 6.45) is 2.83. The summed E-state index contributed by atoms with van der Waals surface area (Å²) in [6, 6.07) is 0. The normalized spacial score (nSPS) is 17.2. The lowest BCUT2D eigenvalue weighted by Gasteiger charge is -2.16. The summed E-state index contributed by atoms with van der Waals surface area (Å²) in [4.78, 5) is 33.5. The van der Waals surface area contributed by atoms with E-state index in [0.717, 1.165) is 46.5 Å². The third-order valence-corrected chi connectivity index (χ3v) is 6.67. The van der Waals surface area contributed by atoms with Crippen LogP contribution in [0.15, 0.2) is 9.95 Å². The zero-order chi connectivity index (χ0) is 18.8. The van der Waals surface area contributed by atoms with Gasteiger partial charge in [0.05, 0.1) is 23.8 Å². The summed E-state index contributed by atoms with van der Waals surface area (Å²) in [5.74, 6) is 0.270. The number of hydrogen-bond donors (Lipinski definition) is 0. The quantitative estimate of drug-likeness (QED) is 0.556. The predicted molar refractivity (Wildman–Crippen MR) is 106 cm³/mol. The number of thioether (sulfide) groups is 1. The molecule has 3 rings (SSSR count). The maximum absolute atomic E-state index is 13.3. The topological polar surface area (TPSA) is 64.4 Å². The Kier molecular flexibility index (Phi) is 6.04. The molecule has 2 aromatic heterocycles. The van der Waals surface area contributed by atoms with E-state index in [9.17, 15) is 9.59 Å². The van der Waals surface area contributed by atoms with Crippen LogP contribution < -0.4 is 5.56 Å². The number of hydrogen-bond acceptors (Lipinski definition) is 6. The number of ether oxygens (including phenoxy) is 1. The Bertz CT molecular complexity index is 867. The molecule has 1 fully saturated rings. The lowest BCUT2D eigenvalue weighted by atomic mass is 10.1. The molecule has 1 aliphatic rings. The first-order valence-electron chi connectivity index (χ1n) is 8.89. The second-order valence-electron chi connectivity index (χ2n) is 6.69. The number of thiophene rings is 1. The third kappa shape index (κ3) is 3.82. The number of aromatic nitrogens is 2. The average molecular weight is 396 g/mol. The Hall–Kier alpha value is -1.38. The van der Waals surface area contributed by atoms with Gasteiger partial charge in [0.2, 0.25) is 5.91 Å². The molecule has 6 nitrogen and oxygen atoms in total. The largest absolute Gasteiger partial charge is 0.376 e. The number of amides is 1. The van der Waals surface area contributed by atoms with Gasteiger partial charge in [-0.25, -0.2) is 4.98 Å². The molecular formula is C18H25N3O3S2. The van der Waals surface area contributed by atoms with Crippen molar-refractivity contribution in [2.45, 2.75) is 50.9 Å². The number of rotatable bonds is 6. The van der Waals surface area contributed by atoms with Crippen LogP contribution in [0.25, 0.3) is 10.2 Å². The first-order chi connectivity index (χ1) is 12.4. The highest BCUT2D eigenvalue weighted by molar-refractivity contribution is 7.99. The smallest absolute Gasteiger partial charge is 0.263 e. The highest BCUT2D eigenvalue weighted by Gasteiger charge is 2.23. The van der Waals surface area contributed by atoms with Crippen molar-refractivity contribution in [1.29, 1.82) is 0 Å². The van der Waals surface area contributed by atoms with Gasteiger partial charge in [0.1, 0.15) is 4.83 Å². The number of nitrogens with zero attached hydrogens (tertiary/aromatic N) is 3. The van der Waals surface area contributed by atoms with Crippen LogP contribution in [-0.4, -0.2) is 52.9 Å². The van der Waals surface area contributed by atoms with E-state index in [-0.39, 0.29) is 23.3 Å². The van der Waals surface area contributed by atoms with E-state index in [4.69, 9.17) is 9.72 Å². The summed E-state index contributed by atoms with van der Waals surface area (Å²) in [5, 5.41) is 1.34. The summed E-state index contributed by atoms with van der Waals surface area (Å²) < 4.78 is 7.45. The molecule has 26 heavy (non-hydrogen) atoms. The molecule has 0 aromatic carbocycles. The van der Waals surface area contributed by atoms with Crippen LogP contribution in [0.4, 0.5) is 0 Å². The van der Waals surface area contributed by atoms with Gasteiger partial charge in [-0.05, 0) is 31.7 Å². The van der Waals surface area contributed by atoms with E-state index in [1.54, 1.807) is 34.9 Å². The molecule has 3 heterocycles. The number of carbonyl (C=O) groups is 1. The van der Waals surface area contributed by atoms with E-state index >= 15 is 0 Å². The molecular weight excluding hydrogens is 370 g/mol. The van der Waals surface area contributed by atoms with Crippen molar-refractivity contribution in [3.63, 3.8) is 0 Å². The first-order valence-corrected chi connectivity index (χ1v) is 10.7. The van der Waals surface area contributed by atoms with Crippen molar-refractivity contribution in [3.8, 4) is 0 Å². The predicted octanol–water partition coefficient (Wildman–Crippen LogP) is 2.69. The SMILES string of the molecule is CCc1c(C)sc2nc(SCC(=O)N(C)C)n(C[C@@H]3CCCO3)c(=O)c12. The van der Waals surface area contributed by atoms with Gasteiger partial charge in [0.25, 0.3) is 5.56 Å². The van der Waals surface area contributed by atoms with E-state index in [1.807, 2.05) is 6.92 Å². The molecule has 0 radical (unpaired) electrons. The first kappa shape index (κ1) is 19.4. The van der Waals surface area contributed by atoms with Gasteiger partial charge in [0, 0.05) is 25.6 Å². The minimum atomic E-state index is -0.00787. The Morgan fingerprint density at radius 3 is 2.85 bits per heavy atom. The highest BCUT2D eigenvalue weighted by Crippen LogP contribution is 2.30. The van der Waals surface area contributed by atoms with E-state index in [0.29, 0.717) is 11.7 Å². The van der Waals surface area contributed by atoms with Crippen LogP contribution >= 0.6 is 23.1 Å². The Balaban J connectivity index is 2.04. The van der Waals surface area contributed by atoms with Crippen LogP contribution in [-0.2, 0) is 22.5 Å². The van der Waals surface area contributed by atoms with Crippen LogP contribution in [0.1, 0.15) is 30.2 Å². The lowest BCUT2D eigenvalue weighted by molar-refractivity contribution is -0.125. The van der Waals surface area contributed by atoms with Crippen molar-refractivity contribution in [3.05, 3.63) is 20.8 Å². The van der Waals surface area contributed by atoms with Gasteiger partial charge >= 0.3 is 0 Å². The molecule has 0 spiro atoms. The van der Waals surface area contributed by atoms with Crippen LogP contribution in [0.5, 0.6) is 0 Å². The minimum absolute atomic E-state index is 0.00428. The standard InChI is InChI=1S/C18H25N3O3S2/c1-5-13-11(2)26-16-15(13)17(23)21(9-12-7-6-8-24-12)18(19-16)25-10-14(22)20(3)4/h12H,5-10H2,1-4H3/t12-/m0/s1. The number of carbonyl (C=O) groups excluding carboxylic acids is 1. The molecule has 0 N–H and O–H groups in total. The van der Waals surface area contributed by atoms with Crippen molar-refractivity contribution < 1.29 is 9.53 Å². The molecule has 1 amide bonds. The van der Waals surface area contributed by atoms with Crippen molar-refractivity contribution in [2.75, 3.05) is 26.5 Å². The lowest BCUT2D eigenvalue weighted by Crippen LogP contribution is -2.30. The summed E-state index contributed by atoms with van der Waals surface area (Å²) in [6.45, 7) is 5.35. The monoisotopic (exact) mass is 395 g/mol. The summed E-state index contributed by atoms with van der Waals surface area (Å²) in [7, 11) is 3.46. The number of fused-ring (bicyclic) bond motifs is 1. The van der Waals surface area contributed by atoms with Crippen molar-refractivity contribution in [1.82, 2.24) is 14.5 Å². The zero-order valence-electron chi connectivity index (χ0n) is 15.7. The molecule has 2 aromatic rings. The Morgan fingerprint density at radius 1 is 1.46 bits per heavy atom. The van der Waals surface area contributed by atoms with Gasteiger partial charge in [-0.3, -0.25) is 14.2 Å². The fraction of sp³-hybridized carbons (Fsp3) is 0.611. The molecule has 0 bridgehead atoms. The van der Waals surface area contributed by atoms with Gasteiger partial charge in [-0.2, -0.15) is 0 Å². The van der Waals surface area contributed by atoms with Crippen molar-refractivity contribution in [2.24, 2.45) is 0 Å². The summed E-state index contributed by atoms with van der Waals surface area (Å²) >= 11 is 2.89. The second kappa shape index (κ2) is 8.10. The van der Waals surface area contributed by atoms with Crippen LogP contribution in [0, 0.1) is 6.92 Å². The Labute approximate surface area is 161 Å². The van der Waals surface area contributed by atoms with Crippen LogP contribution in [0.3, 0.4) is 0 Å². The van der Waals surface area contributed by atoms with Gasteiger partial charge in [-0.1, -0.05) is 18.7 Å². The molecule has 0 aliphatic carbocycles. The molecule has 0 saturated carbocycles. The average Bonchev–Trinajstić information content (AvgIpc) is 3.22. The zero-order valence-corrected chi connectivity index (χ0v) is 17.3.